The van der Waals surface area contributed by atoms with Crippen molar-refractivity contribution in [3.05, 3.63) is 17.5 Å². The van der Waals surface area contributed by atoms with Gasteiger partial charge in [-0.3, -0.25) is 0 Å². The largest absolute Gasteiger partial charge is 0.347 e. The molecule has 1 aliphatic carbocycles. The van der Waals surface area contributed by atoms with E-state index in [1.54, 1.807) is 0 Å². The van der Waals surface area contributed by atoms with E-state index in [4.69, 9.17) is 10.9 Å². The van der Waals surface area contributed by atoms with Crippen LogP contribution in [0.2, 0.25) is 0 Å². The van der Waals surface area contributed by atoms with Gasteiger partial charge in [0.25, 0.3) is 0 Å². The second-order valence-corrected chi connectivity index (χ2v) is 2.89. The van der Waals surface area contributed by atoms with Gasteiger partial charge in [-0.1, -0.05) is 11.6 Å². The Morgan fingerprint density at radius 3 is 2.91 bits per heavy atom. The van der Waals surface area contributed by atoms with E-state index < -0.39 is 0 Å². The lowest BCUT2D eigenvalue weighted by molar-refractivity contribution is 0.360. The van der Waals surface area contributed by atoms with E-state index in [1.165, 1.54) is 19.3 Å². The predicted octanol–water partition coefficient (Wildman–Crippen LogP) is 1.92. The molecule has 0 amide bonds. The zero-order chi connectivity index (χ0) is 7.68. The van der Waals surface area contributed by atoms with Crippen LogP contribution < -0.4 is 0 Å². The van der Waals surface area contributed by atoms with Gasteiger partial charge in [-0.15, -0.1) is 6.42 Å². The zero-order valence-electron chi connectivity index (χ0n) is 6.21. The van der Waals surface area contributed by atoms with Crippen molar-refractivity contribution in [2.75, 3.05) is 0 Å². The van der Waals surface area contributed by atoms with Crippen LogP contribution in [0.25, 0.3) is 0 Å². The Balaban J connectivity index is 2.19. The molecule has 1 fully saturated rings. The maximum Gasteiger partial charge on any atom is 0.209 e. The summed E-state index contributed by atoms with van der Waals surface area (Å²) in [6.07, 6.45) is 8.91. The Hall–Kier alpha value is -1.23. The molecular weight excluding hydrogens is 138 g/mol. The average Bonchev–Trinajstić information content (AvgIpc) is 2.32. The van der Waals surface area contributed by atoms with Gasteiger partial charge < -0.3 is 4.52 Å². The highest BCUT2D eigenvalue weighted by Crippen LogP contribution is 2.35. The zero-order valence-corrected chi connectivity index (χ0v) is 6.21. The standard InChI is InChI=1S/C9H9NO/c1-2-8-6-9(10-11-8)7-4-3-5-7/h1,6-7H,3-5H2. The third kappa shape index (κ3) is 1.03. The molecule has 0 N–H and O–H groups in total. The Morgan fingerprint density at radius 1 is 1.64 bits per heavy atom. The average molecular weight is 147 g/mol. The highest BCUT2D eigenvalue weighted by Gasteiger charge is 2.22. The van der Waals surface area contributed by atoms with E-state index in [0.29, 0.717) is 11.7 Å². The molecule has 1 heterocycles. The lowest BCUT2D eigenvalue weighted by Gasteiger charge is -2.22. The van der Waals surface area contributed by atoms with Crippen LogP contribution >= 0.6 is 0 Å². The SMILES string of the molecule is C#Cc1cc(C2CCC2)no1. The van der Waals surface area contributed by atoms with E-state index in [9.17, 15) is 0 Å². The van der Waals surface area contributed by atoms with Crippen LogP contribution in [0.4, 0.5) is 0 Å². The summed E-state index contributed by atoms with van der Waals surface area (Å²) in [4.78, 5) is 0. The molecule has 1 aromatic rings. The van der Waals surface area contributed by atoms with E-state index >= 15 is 0 Å². The minimum absolute atomic E-state index is 0.548. The highest BCUT2D eigenvalue weighted by atomic mass is 16.5. The fraction of sp³-hybridized carbons (Fsp3) is 0.444. The predicted molar refractivity (Wildman–Crippen MR) is 41.0 cm³/mol. The number of nitrogens with zero attached hydrogens (tertiary/aromatic N) is 1. The lowest BCUT2D eigenvalue weighted by Crippen LogP contribution is -2.08. The summed E-state index contributed by atoms with van der Waals surface area (Å²) >= 11 is 0. The third-order valence-electron chi connectivity index (χ3n) is 2.19. The summed E-state index contributed by atoms with van der Waals surface area (Å²) < 4.78 is 4.88. The first kappa shape index (κ1) is 6.48. The Morgan fingerprint density at radius 2 is 2.45 bits per heavy atom. The van der Waals surface area contributed by atoms with Gasteiger partial charge in [-0.05, 0) is 18.8 Å². The normalized spacial score (nSPS) is 17.4. The minimum atomic E-state index is 0.548. The van der Waals surface area contributed by atoms with Crippen molar-refractivity contribution < 1.29 is 4.52 Å². The van der Waals surface area contributed by atoms with E-state index in [1.807, 2.05) is 6.07 Å². The van der Waals surface area contributed by atoms with Crippen LogP contribution in [-0.4, -0.2) is 5.16 Å². The third-order valence-corrected chi connectivity index (χ3v) is 2.19. The summed E-state index contributed by atoms with van der Waals surface area (Å²) in [7, 11) is 0. The van der Waals surface area contributed by atoms with Crippen molar-refractivity contribution in [3.8, 4) is 12.3 Å². The summed E-state index contributed by atoms with van der Waals surface area (Å²) in [5.74, 6) is 3.58. The smallest absolute Gasteiger partial charge is 0.209 e. The van der Waals surface area contributed by atoms with Gasteiger partial charge in [0.05, 0.1) is 5.69 Å². The maximum absolute atomic E-state index is 5.14. The molecule has 0 spiro atoms. The second-order valence-electron chi connectivity index (χ2n) is 2.89. The molecule has 0 radical (unpaired) electrons. The Bertz CT molecular complexity index is 291. The quantitative estimate of drug-likeness (QED) is 0.567. The van der Waals surface area contributed by atoms with Crippen LogP contribution in [0, 0.1) is 12.3 Å². The Kier molecular flexibility index (Phi) is 1.43. The molecule has 11 heavy (non-hydrogen) atoms. The van der Waals surface area contributed by atoms with Crippen LogP contribution in [0.15, 0.2) is 10.6 Å². The number of rotatable bonds is 1. The number of hydrogen-bond donors (Lipinski definition) is 0. The van der Waals surface area contributed by atoms with Crippen LogP contribution in [-0.2, 0) is 0 Å². The van der Waals surface area contributed by atoms with Crippen molar-refractivity contribution in [1.29, 1.82) is 0 Å². The number of terminal acetylenes is 1. The van der Waals surface area contributed by atoms with Crippen LogP contribution in [0.5, 0.6) is 0 Å². The maximum atomic E-state index is 5.14. The van der Waals surface area contributed by atoms with Gasteiger partial charge in [0, 0.05) is 12.0 Å². The lowest BCUT2D eigenvalue weighted by atomic mass is 9.83. The van der Waals surface area contributed by atoms with Gasteiger partial charge in [-0.2, -0.15) is 0 Å². The molecule has 0 unspecified atom stereocenters. The highest BCUT2D eigenvalue weighted by molar-refractivity contribution is 5.24. The monoisotopic (exact) mass is 147 g/mol. The summed E-state index contributed by atoms with van der Waals surface area (Å²) in [5.41, 5.74) is 1.03. The summed E-state index contributed by atoms with van der Waals surface area (Å²) in [5, 5.41) is 3.89. The van der Waals surface area contributed by atoms with Crippen molar-refractivity contribution in [2.24, 2.45) is 0 Å². The molecule has 0 saturated heterocycles. The molecule has 56 valence electrons. The van der Waals surface area contributed by atoms with E-state index in [0.717, 1.165) is 5.69 Å². The number of aromatic nitrogens is 1. The second kappa shape index (κ2) is 2.43. The molecule has 1 aromatic heterocycles. The van der Waals surface area contributed by atoms with Gasteiger partial charge in [-0.25, -0.2) is 0 Å². The van der Waals surface area contributed by atoms with Crippen LogP contribution in [0.1, 0.15) is 36.6 Å². The molecule has 0 bridgehead atoms. The fourth-order valence-corrected chi connectivity index (χ4v) is 1.25. The first-order valence-electron chi connectivity index (χ1n) is 3.83. The summed E-state index contributed by atoms with van der Waals surface area (Å²) in [6.45, 7) is 0. The van der Waals surface area contributed by atoms with E-state index in [-0.39, 0.29) is 0 Å². The first-order valence-corrected chi connectivity index (χ1v) is 3.83. The fourth-order valence-electron chi connectivity index (χ4n) is 1.25. The van der Waals surface area contributed by atoms with Crippen LogP contribution in [0.3, 0.4) is 0 Å². The topological polar surface area (TPSA) is 26.0 Å². The first-order chi connectivity index (χ1) is 5.40. The molecule has 0 aromatic carbocycles. The van der Waals surface area contributed by atoms with Crippen molar-refractivity contribution in [1.82, 2.24) is 5.16 Å². The Labute approximate surface area is 65.6 Å². The summed E-state index contributed by atoms with van der Waals surface area (Å²) in [6, 6.07) is 1.86. The van der Waals surface area contributed by atoms with Crippen molar-refractivity contribution >= 4 is 0 Å². The molecular formula is C9H9NO. The molecule has 2 heteroatoms. The molecule has 2 nitrogen and oxygen atoms in total. The number of hydrogen-bond acceptors (Lipinski definition) is 2. The van der Waals surface area contributed by atoms with Gasteiger partial charge >= 0.3 is 0 Å². The van der Waals surface area contributed by atoms with Crippen molar-refractivity contribution in [3.63, 3.8) is 0 Å². The minimum Gasteiger partial charge on any atom is -0.347 e. The van der Waals surface area contributed by atoms with Gasteiger partial charge in [0.15, 0.2) is 0 Å². The molecule has 2 rings (SSSR count). The van der Waals surface area contributed by atoms with Crippen molar-refractivity contribution in [2.45, 2.75) is 25.2 Å². The molecule has 1 aliphatic rings. The molecule has 0 atom stereocenters. The van der Waals surface area contributed by atoms with Gasteiger partial charge in [0.2, 0.25) is 5.76 Å². The van der Waals surface area contributed by atoms with Gasteiger partial charge in [0.1, 0.15) is 0 Å². The molecule has 0 aliphatic heterocycles. The molecule has 1 saturated carbocycles. The van der Waals surface area contributed by atoms with E-state index in [2.05, 4.69) is 11.1 Å².